The van der Waals surface area contributed by atoms with Crippen LogP contribution in [0.5, 0.6) is 0 Å². The predicted molar refractivity (Wildman–Crippen MR) is 73.1 cm³/mol. The quantitative estimate of drug-likeness (QED) is 0.719. The highest BCUT2D eigenvalue weighted by molar-refractivity contribution is 6.84. The topological polar surface area (TPSA) is 44.5 Å². The van der Waals surface area contributed by atoms with Crippen molar-refractivity contribution < 1.29 is 8.23 Å². The molecule has 0 rings (SSSR count). The van der Waals surface area contributed by atoms with Crippen molar-refractivity contribution in [3.63, 3.8) is 0 Å². The fourth-order valence-electron chi connectivity index (χ4n) is 1.63. The first-order valence-electron chi connectivity index (χ1n) is 5.58. The second kappa shape index (κ2) is 6.31. The molecule has 0 saturated carbocycles. The molecule has 0 aliphatic carbocycles. The van der Waals surface area contributed by atoms with Crippen LogP contribution in [0, 0.1) is 0 Å². The Morgan fingerprint density at radius 1 is 1.13 bits per heavy atom. The molecule has 0 aromatic rings. The van der Waals surface area contributed by atoms with Gasteiger partial charge >= 0.3 is 8.56 Å². The lowest BCUT2D eigenvalue weighted by Crippen LogP contribution is -2.49. The fraction of sp³-hybridized carbons (Fsp3) is 1.00. The maximum atomic E-state index is 6.26. The molecular weight excluding hydrogens is 238 g/mol. The van der Waals surface area contributed by atoms with Crippen LogP contribution in [-0.4, -0.2) is 32.5 Å². The Morgan fingerprint density at radius 3 is 2.00 bits per heavy atom. The summed E-state index contributed by atoms with van der Waals surface area (Å²) in [6, 6.07) is 1.03. The molecule has 0 fully saturated rings. The summed E-state index contributed by atoms with van der Waals surface area (Å²) in [4.78, 5) is 0. The smallest absolute Gasteiger partial charge is 0.314 e. The average Bonchev–Trinajstić information content (AvgIpc) is 1.95. The van der Waals surface area contributed by atoms with Crippen LogP contribution in [0.1, 0.15) is 6.42 Å². The van der Waals surface area contributed by atoms with E-state index in [-0.39, 0.29) is 0 Å². The summed E-state index contributed by atoms with van der Waals surface area (Å²) in [7, 11) is -4.11. The van der Waals surface area contributed by atoms with E-state index in [9.17, 15) is 0 Å². The van der Waals surface area contributed by atoms with Gasteiger partial charge in [-0.1, -0.05) is 0 Å². The third-order valence-electron chi connectivity index (χ3n) is 1.78. The second-order valence-corrected chi connectivity index (χ2v) is 15.7. The zero-order valence-electron chi connectivity index (χ0n) is 11.0. The van der Waals surface area contributed by atoms with E-state index in [1.807, 2.05) is 0 Å². The lowest BCUT2D eigenvalue weighted by Gasteiger charge is -2.35. The lowest BCUT2D eigenvalue weighted by atomic mass is 10.5. The number of hydrogen-bond acceptors (Lipinski definition) is 3. The van der Waals surface area contributed by atoms with Gasteiger partial charge in [0.25, 0.3) is 0 Å². The van der Waals surface area contributed by atoms with E-state index in [1.54, 1.807) is 0 Å². The molecule has 0 aliphatic heterocycles. The molecule has 3 nitrogen and oxygen atoms in total. The molecule has 0 aliphatic rings. The minimum absolute atomic E-state index is 0.675. The summed E-state index contributed by atoms with van der Waals surface area (Å²) in [5, 5.41) is 0. The summed E-state index contributed by atoms with van der Waals surface area (Å²) in [6.45, 7) is 13.9. The van der Waals surface area contributed by atoms with Crippen molar-refractivity contribution in [3.05, 3.63) is 0 Å². The molecule has 1 atom stereocenters. The molecule has 91 valence electrons. The van der Waals surface area contributed by atoms with Gasteiger partial charge in [0.2, 0.25) is 0 Å². The van der Waals surface area contributed by atoms with E-state index in [0.717, 1.165) is 19.0 Å². The molecular formula is C9H26NO2Si3. The van der Waals surface area contributed by atoms with Gasteiger partial charge in [-0.15, -0.1) is 0 Å². The molecule has 1 radical (unpaired) electrons. The number of rotatable bonds is 7. The van der Waals surface area contributed by atoms with Crippen LogP contribution < -0.4 is 5.73 Å². The highest BCUT2D eigenvalue weighted by atomic mass is 28.5. The average molecular weight is 265 g/mol. The van der Waals surface area contributed by atoms with Crippen molar-refractivity contribution in [3.8, 4) is 0 Å². The third-order valence-corrected chi connectivity index (χ3v) is 10.6. The van der Waals surface area contributed by atoms with Gasteiger partial charge in [-0.2, -0.15) is 0 Å². The lowest BCUT2D eigenvalue weighted by molar-refractivity contribution is 0.391. The first-order chi connectivity index (χ1) is 6.68. The van der Waals surface area contributed by atoms with Gasteiger partial charge in [0, 0.05) is 0 Å². The van der Waals surface area contributed by atoms with Crippen molar-refractivity contribution in [2.24, 2.45) is 5.73 Å². The predicted octanol–water partition coefficient (Wildman–Crippen LogP) is 2.53. The van der Waals surface area contributed by atoms with Crippen LogP contribution >= 0.6 is 0 Å². The maximum absolute atomic E-state index is 6.26. The normalized spacial score (nSPS) is 16.8. The van der Waals surface area contributed by atoms with Crippen LogP contribution in [0.4, 0.5) is 0 Å². The molecule has 0 aromatic carbocycles. The summed E-state index contributed by atoms with van der Waals surface area (Å²) in [5.41, 5.74) is 5.56. The van der Waals surface area contributed by atoms with Crippen LogP contribution in [-0.2, 0) is 8.23 Å². The van der Waals surface area contributed by atoms with Gasteiger partial charge in [-0.25, -0.2) is 0 Å². The van der Waals surface area contributed by atoms with Crippen LogP contribution in [0.15, 0.2) is 0 Å². The molecule has 0 saturated heterocycles. The van der Waals surface area contributed by atoms with Gasteiger partial charge in [-0.3, -0.25) is 0 Å². The van der Waals surface area contributed by atoms with Crippen molar-refractivity contribution in [1.82, 2.24) is 0 Å². The van der Waals surface area contributed by atoms with Gasteiger partial charge in [-0.05, 0) is 58.3 Å². The van der Waals surface area contributed by atoms with Gasteiger partial charge < -0.3 is 14.0 Å². The van der Waals surface area contributed by atoms with Crippen LogP contribution in [0.25, 0.3) is 0 Å². The molecule has 2 N–H and O–H groups in total. The molecule has 1 unspecified atom stereocenters. The van der Waals surface area contributed by atoms with Crippen molar-refractivity contribution >= 4 is 25.9 Å². The standard InChI is InChI=1S/C9H26NO2Si3/c1-13(2)11-15(6,9-7-8-10)12-14(3,4)5/h7-10H2,1-6H3. The van der Waals surface area contributed by atoms with Crippen molar-refractivity contribution in [2.75, 3.05) is 6.54 Å². The van der Waals surface area contributed by atoms with E-state index >= 15 is 0 Å². The Balaban J connectivity index is 4.40. The molecule has 0 spiro atoms. The fourth-order valence-corrected chi connectivity index (χ4v) is 12.5. The number of hydrogen-bond donors (Lipinski definition) is 1. The molecule has 0 amide bonds. The summed E-state index contributed by atoms with van der Waals surface area (Å²) < 4.78 is 12.4. The third kappa shape index (κ3) is 8.35. The molecule has 0 bridgehead atoms. The Hall–Kier alpha value is 0.531. The minimum atomic E-state index is -1.94. The zero-order chi connectivity index (χ0) is 12.1. The van der Waals surface area contributed by atoms with E-state index in [4.69, 9.17) is 14.0 Å². The summed E-state index contributed by atoms with van der Waals surface area (Å²) in [5.74, 6) is 0. The van der Waals surface area contributed by atoms with Gasteiger partial charge in [0.05, 0.1) is 0 Å². The van der Waals surface area contributed by atoms with E-state index < -0.39 is 25.9 Å². The Labute approximate surface area is 98.5 Å². The molecule has 0 heterocycles. The minimum Gasteiger partial charge on any atom is -0.437 e. The second-order valence-electron chi connectivity index (χ2n) is 5.25. The summed E-state index contributed by atoms with van der Waals surface area (Å²) >= 11 is 0. The van der Waals surface area contributed by atoms with Crippen molar-refractivity contribution in [2.45, 2.75) is 51.7 Å². The van der Waals surface area contributed by atoms with Gasteiger partial charge in [0.15, 0.2) is 17.4 Å². The molecule has 15 heavy (non-hydrogen) atoms. The van der Waals surface area contributed by atoms with Gasteiger partial charge in [0.1, 0.15) is 0 Å². The van der Waals surface area contributed by atoms with Crippen LogP contribution in [0.2, 0.25) is 45.3 Å². The monoisotopic (exact) mass is 264 g/mol. The first kappa shape index (κ1) is 15.5. The molecule has 0 aromatic heterocycles. The SMILES string of the molecule is C[Si](C)O[Si](C)(CCCN)O[Si](C)(C)C. The zero-order valence-corrected chi connectivity index (χ0v) is 14.0. The van der Waals surface area contributed by atoms with Crippen LogP contribution in [0.3, 0.4) is 0 Å². The largest absolute Gasteiger partial charge is 0.437 e. The number of nitrogens with two attached hydrogens (primary N) is 1. The Morgan fingerprint density at radius 2 is 1.67 bits per heavy atom. The molecule has 6 heteroatoms. The summed E-state index contributed by atoms with van der Waals surface area (Å²) in [6.07, 6.45) is 1.02. The van der Waals surface area contributed by atoms with E-state index in [1.165, 1.54) is 0 Å². The Kier molecular flexibility index (Phi) is 6.53. The highest BCUT2D eigenvalue weighted by Gasteiger charge is 2.36. The van der Waals surface area contributed by atoms with E-state index in [2.05, 4.69) is 39.3 Å². The Bertz CT molecular complexity index is 185. The van der Waals surface area contributed by atoms with E-state index in [0.29, 0.717) is 0 Å². The first-order valence-corrected chi connectivity index (χ1v) is 13.9. The maximum Gasteiger partial charge on any atom is 0.314 e. The van der Waals surface area contributed by atoms with Crippen molar-refractivity contribution in [1.29, 1.82) is 0 Å². The highest BCUT2D eigenvalue weighted by Crippen LogP contribution is 2.21.